The third-order valence-corrected chi connectivity index (χ3v) is 7.00. The van der Waals surface area contributed by atoms with Gasteiger partial charge in [0, 0.05) is 18.8 Å². The SMILES string of the molecule is O=C(Nc1ccc2nc(SCC(=O)N3CCCC3)sc2c1)c1ccccc1Cl. The first-order valence-electron chi connectivity index (χ1n) is 8.97. The van der Waals surface area contributed by atoms with Crippen LogP contribution < -0.4 is 5.32 Å². The van der Waals surface area contributed by atoms with Gasteiger partial charge in [-0.1, -0.05) is 35.5 Å². The van der Waals surface area contributed by atoms with Crippen molar-refractivity contribution in [3.63, 3.8) is 0 Å². The Morgan fingerprint density at radius 2 is 1.96 bits per heavy atom. The predicted octanol–water partition coefficient (Wildman–Crippen LogP) is 4.92. The van der Waals surface area contributed by atoms with Crippen molar-refractivity contribution in [3.05, 3.63) is 53.1 Å². The van der Waals surface area contributed by atoms with Gasteiger partial charge in [0.1, 0.15) is 0 Å². The first-order valence-corrected chi connectivity index (χ1v) is 11.2. The highest BCUT2D eigenvalue weighted by atomic mass is 35.5. The molecular formula is C20H18ClN3O2S2. The molecule has 0 unspecified atom stereocenters. The number of anilines is 1. The molecule has 0 radical (unpaired) electrons. The summed E-state index contributed by atoms with van der Waals surface area (Å²) in [4.78, 5) is 31.1. The van der Waals surface area contributed by atoms with Gasteiger partial charge in [-0.15, -0.1) is 11.3 Å². The number of amides is 2. The van der Waals surface area contributed by atoms with E-state index in [1.54, 1.807) is 24.3 Å². The molecule has 2 amide bonds. The fourth-order valence-electron chi connectivity index (χ4n) is 3.07. The summed E-state index contributed by atoms with van der Waals surface area (Å²) in [7, 11) is 0. The minimum atomic E-state index is -0.250. The Balaban J connectivity index is 1.43. The number of aromatic nitrogens is 1. The molecule has 2 aromatic carbocycles. The lowest BCUT2D eigenvalue weighted by Crippen LogP contribution is -2.29. The van der Waals surface area contributed by atoms with E-state index in [2.05, 4.69) is 10.3 Å². The van der Waals surface area contributed by atoms with E-state index in [1.165, 1.54) is 23.1 Å². The predicted molar refractivity (Wildman–Crippen MR) is 116 cm³/mol. The maximum atomic E-state index is 12.4. The molecule has 3 aromatic rings. The van der Waals surface area contributed by atoms with Crippen LogP contribution in [0.5, 0.6) is 0 Å². The van der Waals surface area contributed by atoms with Gasteiger partial charge in [-0.25, -0.2) is 4.98 Å². The average Bonchev–Trinajstić information content (AvgIpc) is 3.36. The molecule has 0 atom stereocenters. The lowest BCUT2D eigenvalue weighted by atomic mass is 10.2. The molecule has 4 rings (SSSR count). The van der Waals surface area contributed by atoms with Crippen molar-refractivity contribution >= 4 is 62.4 Å². The number of likely N-dealkylation sites (tertiary alicyclic amines) is 1. The van der Waals surface area contributed by atoms with Gasteiger partial charge >= 0.3 is 0 Å². The number of thioether (sulfide) groups is 1. The van der Waals surface area contributed by atoms with E-state index in [9.17, 15) is 9.59 Å². The van der Waals surface area contributed by atoms with Gasteiger partial charge in [0.15, 0.2) is 4.34 Å². The normalized spacial score (nSPS) is 13.8. The van der Waals surface area contributed by atoms with E-state index >= 15 is 0 Å². The van der Waals surface area contributed by atoms with E-state index in [1.807, 2.05) is 23.1 Å². The Morgan fingerprint density at radius 1 is 1.18 bits per heavy atom. The summed E-state index contributed by atoms with van der Waals surface area (Å²) in [6.07, 6.45) is 2.19. The summed E-state index contributed by atoms with van der Waals surface area (Å²) in [6, 6.07) is 12.5. The van der Waals surface area contributed by atoms with Crippen LogP contribution in [0.15, 0.2) is 46.8 Å². The number of carbonyl (C=O) groups is 2. The number of benzene rings is 2. The molecule has 1 fully saturated rings. The maximum Gasteiger partial charge on any atom is 0.257 e. The van der Waals surface area contributed by atoms with E-state index in [-0.39, 0.29) is 11.8 Å². The quantitative estimate of drug-likeness (QED) is 0.582. The molecule has 0 aliphatic carbocycles. The summed E-state index contributed by atoms with van der Waals surface area (Å²) in [5, 5.41) is 3.29. The van der Waals surface area contributed by atoms with Crippen LogP contribution in [0, 0.1) is 0 Å². The van der Waals surface area contributed by atoms with E-state index in [4.69, 9.17) is 11.6 Å². The van der Waals surface area contributed by atoms with Gasteiger partial charge in [0.25, 0.3) is 5.91 Å². The molecule has 28 heavy (non-hydrogen) atoms. The number of carbonyl (C=O) groups excluding carboxylic acids is 2. The monoisotopic (exact) mass is 431 g/mol. The second-order valence-electron chi connectivity index (χ2n) is 6.47. The smallest absolute Gasteiger partial charge is 0.257 e. The summed E-state index contributed by atoms with van der Waals surface area (Å²) in [5.41, 5.74) is 1.98. The first kappa shape index (κ1) is 19.2. The molecule has 144 valence electrons. The van der Waals surface area contributed by atoms with Crippen LogP contribution in [0.2, 0.25) is 5.02 Å². The number of hydrogen-bond donors (Lipinski definition) is 1. The number of nitrogens with zero attached hydrogens (tertiary/aromatic N) is 2. The largest absolute Gasteiger partial charge is 0.342 e. The van der Waals surface area contributed by atoms with Crippen LogP contribution in [0.1, 0.15) is 23.2 Å². The standard InChI is InChI=1S/C20H18ClN3O2S2/c21-15-6-2-1-5-14(15)19(26)22-13-7-8-16-17(11-13)28-20(23-16)27-12-18(25)24-9-3-4-10-24/h1-2,5-8,11H,3-4,9-10,12H2,(H,22,26). The van der Waals surface area contributed by atoms with E-state index < -0.39 is 0 Å². The highest BCUT2D eigenvalue weighted by Crippen LogP contribution is 2.32. The Labute approximate surface area is 176 Å². The summed E-state index contributed by atoms with van der Waals surface area (Å²) in [6.45, 7) is 1.74. The van der Waals surface area contributed by atoms with Crippen LogP contribution in [-0.4, -0.2) is 40.5 Å². The molecule has 5 nitrogen and oxygen atoms in total. The number of halogens is 1. The van der Waals surface area contributed by atoms with Crippen LogP contribution in [-0.2, 0) is 4.79 Å². The zero-order valence-electron chi connectivity index (χ0n) is 15.0. The third-order valence-electron chi connectivity index (χ3n) is 4.52. The minimum absolute atomic E-state index is 0.175. The van der Waals surface area contributed by atoms with E-state index in [0.717, 1.165) is 40.5 Å². The molecule has 1 N–H and O–H groups in total. The molecule has 0 spiro atoms. The molecule has 0 bridgehead atoms. The number of hydrogen-bond acceptors (Lipinski definition) is 5. The molecule has 8 heteroatoms. The van der Waals surface area contributed by atoms with Crippen LogP contribution >= 0.6 is 34.7 Å². The lowest BCUT2D eigenvalue weighted by molar-refractivity contribution is -0.127. The van der Waals surface area contributed by atoms with Crippen LogP contribution in [0.3, 0.4) is 0 Å². The Morgan fingerprint density at radius 3 is 2.75 bits per heavy atom. The highest BCUT2D eigenvalue weighted by molar-refractivity contribution is 8.01. The van der Waals surface area contributed by atoms with Gasteiger partial charge in [0.05, 0.1) is 26.6 Å². The van der Waals surface area contributed by atoms with Crippen molar-refractivity contribution < 1.29 is 9.59 Å². The zero-order valence-corrected chi connectivity index (χ0v) is 17.4. The van der Waals surface area contributed by atoms with Crippen molar-refractivity contribution in [2.24, 2.45) is 0 Å². The van der Waals surface area contributed by atoms with Crippen molar-refractivity contribution in [1.29, 1.82) is 0 Å². The number of thiazole rings is 1. The molecule has 1 aliphatic heterocycles. The molecule has 1 aliphatic rings. The second kappa shape index (κ2) is 8.51. The number of nitrogens with one attached hydrogen (secondary N) is 1. The second-order valence-corrected chi connectivity index (χ2v) is 9.13. The molecule has 1 saturated heterocycles. The topological polar surface area (TPSA) is 62.3 Å². The van der Waals surface area contributed by atoms with Crippen molar-refractivity contribution in [1.82, 2.24) is 9.88 Å². The fourth-order valence-corrected chi connectivity index (χ4v) is 5.30. The number of rotatable bonds is 5. The summed E-state index contributed by atoms with van der Waals surface area (Å²) in [5.74, 6) is 0.338. The Hall–Kier alpha value is -2.09. The molecular weight excluding hydrogens is 414 g/mol. The van der Waals surface area contributed by atoms with Crippen LogP contribution in [0.4, 0.5) is 5.69 Å². The zero-order chi connectivity index (χ0) is 19.5. The molecule has 0 saturated carbocycles. The van der Waals surface area contributed by atoms with Gasteiger partial charge in [0.2, 0.25) is 5.91 Å². The van der Waals surface area contributed by atoms with E-state index in [0.29, 0.717) is 22.0 Å². The first-order chi connectivity index (χ1) is 13.6. The van der Waals surface area contributed by atoms with Crippen molar-refractivity contribution in [2.75, 3.05) is 24.2 Å². The lowest BCUT2D eigenvalue weighted by Gasteiger charge is -2.13. The van der Waals surface area contributed by atoms with Gasteiger partial charge in [-0.05, 0) is 43.2 Å². The van der Waals surface area contributed by atoms with Crippen molar-refractivity contribution in [3.8, 4) is 0 Å². The fraction of sp³-hybridized carbons (Fsp3) is 0.250. The Kier molecular flexibility index (Phi) is 5.85. The minimum Gasteiger partial charge on any atom is -0.342 e. The third kappa shape index (κ3) is 4.32. The van der Waals surface area contributed by atoms with Gasteiger partial charge in [-0.2, -0.15) is 0 Å². The highest BCUT2D eigenvalue weighted by Gasteiger charge is 2.18. The van der Waals surface area contributed by atoms with Crippen LogP contribution in [0.25, 0.3) is 10.2 Å². The average molecular weight is 432 g/mol. The van der Waals surface area contributed by atoms with Gasteiger partial charge in [-0.3, -0.25) is 9.59 Å². The summed E-state index contributed by atoms with van der Waals surface area (Å²) >= 11 is 9.09. The maximum absolute atomic E-state index is 12.4. The summed E-state index contributed by atoms with van der Waals surface area (Å²) < 4.78 is 1.82. The van der Waals surface area contributed by atoms with Gasteiger partial charge < -0.3 is 10.2 Å². The Bertz CT molecular complexity index is 1030. The van der Waals surface area contributed by atoms with Crippen molar-refractivity contribution in [2.45, 2.75) is 17.2 Å². The molecule has 2 heterocycles. The molecule has 1 aromatic heterocycles. The number of fused-ring (bicyclic) bond motifs is 1.